The fourth-order valence-electron chi connectivity index (χ4n) is 1.48. The predicted octanol–water partition coefficient (Wildman–Crippen LogP) is 3.94. The van der Waals surface area contributed by atoms with Gasteiger partial charge in [-0.15, -0.1) is 11.3 Å². The van der Waals surface area contributed by atoms with Gasteiger partial charge in [0, 0.05) is 13.7 Å². The molecule has 0 aliphatic carbocycles. The molecule has 70 valence electrons. The van der Waals surface area contributed by atoms with E-state index in [9.17, 15) is 0 Å². The third kappa shape index (κ3) is 1.53. The van der Waals surface area contributed by atoms with E-state index in [1.807, 2.05) is 6.07 Å². The van der Waals surface area contributed by atoms with Crippen molar-refractivity contribution < 1.29 is 0 Å². The molecule has 0 N–H and O–H groups in total. The monoisotopic (exact) mass is 313 g/mol. The van der Waals surface area contributed by atoms with E-state index in [0.29, 0.717) is 0 Å². The van der Waals surface area contributed by atoms with Crippen LogP contribution in [0, 0.1) is 14.9 Å². The van der Waals surface area contributed by atoms with Crippen molar-refractivity contribution in [3.8, 4) is 6.07 Å². The fourth-order valence-corrected chi connectivity index (χ4v) is 3.33. The molecule has 0 amide bonds. The lowest BCUT2D eigenvalue weighted by atomic mass is 10.1. The number of fused-ring (bicyclic) bond motifs is 1. The van der Waals surface area contributed by atoms with Crippen LogP contribution in [0.2, 0.25) is 0 Å². The van der Waals surface area contributed by atoms with Gasteiger partial charge in [-0.2, -0.15) is 5.26 Å². The Balaban J connectivity index is 2.83. The van der Waals surface area contributed by atoms with Gasteiger partial charge < -0.3 is 0 Å². The van der Waals surface area contributed by atoms with Gasteiger partial charge in [0.05, 0.1) is 0 Å². The normalized spacial score (nSPS) is 10.4. The number of thiophene rings is 1. The summed E-state index contributed by atoms with van der Waals surface area (Å²) in [6, 6.07) is 8.47. The number of nitrogens with zero attached hydrogens (tertiary/aromatic N) is 1. The first-order valence-corrected chi connectivity index (χ1v) is 6.26. The molecule has 0 unspecified atom stereocenters. The van der Waals surface area contributed by atoms with Gasteiger partial charge in [-0.1, -0.05) is 13.0 Å². The maximum absolute atomic E-state index is 8.85. The molecule has 0 aliphatic heterocycles. The maximum atomic E-state index is 8.85. The Labute approximate surface area is 101 Å². The van der Waals surface area contributed by atoms with Gasteiger partial charge in [0.2, 0.25) is 0 Å². The van der Waals surface area contributed by atoms with Crippen molar-refractivity contribution >= 4 is 44.0 Å². The van der Waals surface area contributed by atoms with E-state index >= 15 is 0 Å². The number of aryl methyl sites for hydroxylation is 1. The van der Waals surface area contributed by atoms with Crippen molar-refractivity contribution in [2.75, 3.05) is 0 Å². The van der Waals surface area contributed by atoms with Crippen LogP contribution in [0.1, 0.15) is 17.4 Å². The summed E-state index contributed by atoms with van der Waals surface area (Å²) in [7, 11) is 0. The SMILES string of the molecule is CCc1ccc(I)c2cc(C#N)sc12. The second kappa shape index (κ2) is 3.87. The van der Waals surface area contributed by atoms with Gasteiger partial charge in [-0.05, 0) is 46.7 Å². The highest BCUT2D eigenvalue weighted by Crippen LogP contribution is 2.32. The van der Waals surface area contributed by atoms with Crippen LogP contribution in [0.25, 0.3) is 10.1 Å². The molecule has 2 rings (SSSR count). The second-order valence-electron chi connectivity index (χ2n) is 3.03. The molecule has 0 spiro atoms. The quantitative estimate of drug-likeness (QED) is 0.732. The first-order valence-electron chi connectivity index (χ1n) is 4.37. The van der Waals surface area contributed by atoms with Crippen LogP contribution in [0.4, 0.5) is 0 Å². The van der Waals surface area contributed by atoms with Gasteiger partial charge in [-0.25, -0.2) is 0 Å². The first kappa shape index (κ1) is 9.94. The molecule has 2 aromatic rings. The van der Waals surface area contributed by atoms with Crippen molar-refractivity contribution in [2.24, 2.45) is 0 Å². The molecule has 0 saturated heterocycles. The Morgan fingerprint density at radius 2 is 2.29 bits per heavy atom. The molecule has 0 radical (unpaired) electrons. The molecule has 0 saturated carbocycles. The molecule has 3 heteroatoms. The van der Waals surface area contributed by atoms with E-state index in [4.69, 9.17) is 5.26 Å². The summed E-state index contributed by atoms with van der Waals surface area (Å²) in [5.74, 6) is 0. The molecule has 1 heterocycles. The van der Waals surface area contributed by atoms with Crippen LogP contribution in [-0.2, 0) is 6.42 Å². The van der Waals surface area contributed by atoms with Crippen molar-refractivity contribution in [3.05, 3.63) is 32.2 Å². The minimum absolute atomic E-state index is 0.804. The van der Waals surface area contributed by atoms with Crippen LogP contribution in [0.15, 0.2) is 18.2 Å². The van der Waals surface area contributed by atoms with E-state index in [1.54, 1.807) is 11.3 Å². The van der Waals surface area contributed by atoms with Crippen molar-refractivity contribution in [1.29, 1.82) is 5.26 Å². The number of hydrogen-bond acceptors (Lipinski definition) is 2. The molecule has 0 fully saturated rings. The summed E-state index contributed by atoms with van der Waals surface area (Å²) in [4.78, 5) is 0.804. The molecular formula is C11H8INS. The third-order valence-corrected chi connectivity index (χ3v) is 4.26. The zero-order chi connectivity index (χ0) is 10.1. The molecule has 1 aromatic carbocycles. The summed E-state index contributed by atoms with van der Waals surface area (Å²) < 4.78 is 2.50. The summed E-state index contributed by atoms with van der Waals surface area (Å²) in [5, 5.41) is 10.1. The van der Waals surface area contributed by atoms with Crippen LogP contribution in [0.3, 0.4) is 0 Å². The average Bonchev–Trinajstić information content (AvgIpc) is 2.63. The number of rotatable bonds is 1. The third-order valence-electron chi connectivity index (χ3n) is 2.20. The highest BCUT2D eigenvalue weighted by molar-refractivity contribution is 14.1. The lowest BCUT2D eigenvalue weighted by Gasteiger charge is -1.99. The highest BCUT2D eigenvalue weighted by Gasteiger charge is 2.07. The largest absolute Gasteiger partial charge is 0.192 e. The molecule has 0 atom stereocenters. The first-order chi connectivity index (χ1) is 6.76. The van der Waals surface area contributed by atoms with Crippen LogP contribution in [0.5, 0.6) is 0 Å². The highest BCUT2D eigenvalue weighted by atomic mass is 127. The topological polar surface area (TPSA) is 23.8 Å². The van der Waals surface area contributed by atoms with Gasteiger partial charge in [0.25, 0.3) is 0 Å². The van der Waals surface area contributed by atoms with Gasteiger partial charge in [-0.3, -0.25) is 0 Å². The van der Waals surface area contributed by atoms with Crippen LogP contribution in [-0.4, -0.2) is 0 Å². The van der Waals surface area contributed by atoms with Crippen LogP contribution < -0.4 is 0 Å². The van der Waals surface area contributed by atoms with E-state index in [-0.39, 0.29) is 0 Å². The summed E-state index contributed by atoms with van der Waals surface area (Å²) in [6.45, 7) is 2.15. The van der Waals surface area contributed by atoms with Crippen LogP contribution >= 0.6 is 33.9 Å². The molecule has 1 aromatic heterocycles. The van der Waals surface area contributed by atoms with Crippen molar-refractivity contribution in [3.63, 3.8) is 0 Å². The number of halogens is 1. The van der Waals surface area contributed by atoms with Gasteiger partial charge in [0.15, 0.2) is 0 Å². The fraction of sp³-hybridized carbons (Fsp3) is 0.182. The van der Waals surface area contributed by atoms with E-state index in [2.05, 4.69) is 47.7 Å². The van der Waals surface area contributed by atoms with Gasteiger partial charge >= 0.3 is 0 Å². The average molecular weight is 313 g/mol. The summed E-state index contributed by atoms with van der Waals surface area (Å²) in [5.41, 5.74) is 1.34. The minimum atomic E-state index is 0.804. The summed E-state index contributed by atoms with van der Waals surface area (Å²) >= 11 is 3.91. The zero-order valence-corrected chi connectivity index (χ0v) is 10.6. The number of benzene rings is 1. The Kier molecular flexibility index (Phi) is 2.75. The lowest BCUT2D eigenvalue weighted by molar-refractivity contribution is 1.16. The number of nitriles is 1. The molecule has 1 nitrogen and oxygen atoms in total. The molecule has 0 aliphatic rings. The lowest BCUT2D eigenvalue weighted by Crippen LogP contribution is -1.81. The Morgan fingerprint density at radius 1 is 1.50 bits per heavy atom. The standard InChI is InChI=1S/C11H8INS/c1-2-7-3-4-10(12)9-5-8(6-13)14-11(7)9/h3-5H,2H2,1H3. The van der Waals surface area contributed by atoms with Gasteiger partial charge in [0.1, 0.15) is 10.9 Å². The number of hydrogen-bond donors (Lipinski definition) is 0. The molecular weight excluding hydrogens is 305 g/mol. The zero-order valence-electron chi connectivity index (χ0n) is 7.67. The Morgan fingerprint density at radius 3 is 2.93 bits per heavy atom. The smallest absolute Gasteiger partial charge is 0.110 e. The van der Waals surface area contributed by atoms with Crippen molar-refractivity contribution in [2.45, 2.75) is 13.3 Å². The Hall–Kier alpha value is -0.600. The summed E-state index contributed by atoms with van der Waals surface area (Å²) in [6.07, 6.45) is 1.03. The van der Waals surface area contributed by atoms with E-state index in [0.717, 1.165) is 11.3 Å². The van der Waals surface area contributed by atoms with E-state index in [1.165, 1.54) is 19.2 Å². The Bertz CT molecular complexity index is 522. The van der Waals surface area contributed by atoms with E-state index < -0.39 is 0 Å². The minimum Gasteiger partial charge on any atom is -0.192 e. The maximum Gasteiger partial charge on any atom is 0.110 e. The predicted molar refractivity (Wildman–Crippen MR) is 68.6 cm³/mol. The second-order valence-corrected chi connectivity index (χ2v) is 5.24. The molecule has 0 bridgehead atoms. The van der Waals surface area contributed by atoms with Crippen molar-refractivity contribution in [1.82, 2.24) is 0 Å². The molecule has 14 heavy (non-hydrogen) atoms.